The van der Waals surface area contributed by atoms with Gasteiger partial charge in [-0.15, -0.1) is 11.3 Å². The van der Waals surface area contributed by atoms with Gasteiger partial charge in [0.25, 0.3) is 10.0 Å². The van der Waals surface area contributed by atoms with Gasteiger partial charge in [0.15, 0.2) is 4.21 Å². The lowest BCUT2D eigenvalue weighted by Crippen LogP contribution is -2.34. The van der Waals surface area contributed by atoms with Crippen LogP contribution in [0.1, 0.15) is 25.5 Å². The van der Waals surface area contributed by atoms with E-state index in [1.165, 1.54) is 11.4 Å². The summed E-state index contributed by atoms with van der Waals surface area (Å²) in [5.74, 6) is 0.487. The van der Waals surface area contributed by atoms with Crippen LogP contribution in [0.15, 0.2) is 40.2 Å². The highest BCUT2D eigenvalue weighted by molar-refractivity contribution is 7.91. The van der Waals surface area contributed by atoms with Crippen molar-refractivity contribution in [2.75, 3.05) is 14.2 Å². The summed E-state index contributed by atoms with van der Waals surface area (Å²) in [5.41, 5.74) is 0.874. The quantitative estimate of drug-likeness (QED) is 0.810. The Balaban J connectivity index is 2.45. The molecule has 0 saturated carbocycles. The molecule has 0 aromatic carbocycles. The summed E-state index contributed by atoms with van der Waals surface area (Å²) >= 11 is 1.16. The van der Waals surface area contributed by atoms with E-state index in [1.807, 2.05) is 26.0 Å². The van der Waals surface area contributed by atoms with Gasteiger partial charge in [0, 0.05) is 19.4 Å². The fourth-order valence-corrected chi connectivity index (χ4v) is 5.39. The van der Waals surface area contributed by atoms with Gasteiger partial charge in [-0.3, -0.25) is 4.98 Å². The zero-order valence-electron chi connectivity index (χ0n) is 13.1. The molecule has 2 aromatic heterocycles. The van der Waals surface area contributed by atoms with E-state index in [0.29, 0.717) is 5.75 Å². The van der Waals surface area contributed by atoms with Crippen molar-refractivity contribution in [1.29, 1.82) is 0 Å². The molecule has 0 aliphatic rings. The van der Waals surface area contributed by atoms with Gasteiger partial charge in [-0.05, 0) is 29.0 Å². The Bertz CT molecular complexity index is 711. The third-order valence-electron chi connectivity index (χ3n) is 3.48. The molecule has 0 aliphatic heterocycles. The molecular weight excluding hydrogens is 320 g/mol. The lowest BCUT2D eigenvalue weighted by atomic mass is 9.98. The van der Waals surface area contributed by atoms with Gasteiger partial charge in [0.1, 0.15) is 5.75 Å². The molecule has 0 bridgehead atoms. The summed E-state index contributed by atoms with van der Waals surface area (Å²) in [4.78, 5) is 4.11. The van der Waals surface area contributed by atoms with Crippen LogP contribution in [0, 0.1) is 5.92 Å². The van der Waals surface area contributed by atoms with E-state index >= 15 is 0 Å². The van der Waals surface area contributed by atoms with Gasteiger partial charge in [0.05, 0.1) is 13.2 Å². The summed E-state index contributed by atoms with van der Waals surface area (Å²) in [7, 11) is -0.554. The molecule has 22 heavy (non-hydrogen) atoms. The standard InChI is InChI=1S/C15H20N2O3S2/c1-11(2)14(12-6-5-8-16-10-12)17(3)22(18,19)15-13(20-4)7-9-21-15/h5-11,14H,1-4H3/t14-/m1/s1. The normalized spacial score (nSPS) is 13.5. The molecule has 1 atom stereocenters. The molecule has 7 heteroatoms. The third kappa shape index (κ3) is 3.16. The number of nitrogens with zero attached hydrogens (tertiary/aromatic N) is 2. The molecule has 0 radical (unpaired) electrons. The van der Waals surface area contributed by atoms with Gasteiger partial charge in [-0.25, -0.2) is 8.42 Å². The Morgan fingerprint density at radius 1 is 1.32 bits per heavy atom. The van der Waals surface area contributed by atoms with E-state index < -0.39 is 10.0 Å². The summed E-state index contributed by atoms with van der Waals surface area (Å²) in [6, 6.07) is 5.09. The van der Waals surface area contributed by atoms with Gasteiger partial charge in [-0.1, -0.05) is 19.9 Å². The predicted molar refractivity (Wildman–Crippen MR) is 87.6 cm³/mol. The number of hydrogen-bond donors (Lipinski definition) is 0. The van der Waals surface area contributed by atoms with Crippen LogP contribution in [-0.2, 0) is 10.0 Å². The maximum Gasteiger partial charge on any atom is 0.256 e. The second kappa shape index (κ2) is 6.76. The van der Waals surface area contributed by atoms with Crippen molar-refractivity contribution >= 4 is 21.4 Å². The highest BCUT2D eigenvalue weighted by Gasteiger charge is 2.34. The summed E-state index contributed by atoms with van der Waals surface area (Å²) in [5, 5.41) is 1.72. The van der Waals surface area contributed by atoms with Crippen LogP contribution in [0.4, 0.5) is 0 Å². The monoisotopic (exact) mass is 340 g/mol. The van der Waals surface area contributed by atoms with Crippen molar-refractivity contribution in [1.82, 2.24) is 9.29 Å². The van der Waals surface area contributed by atoms with Crippen LogP contribution < -0.4 is 4.74 Å². The van der Waals surface area contributed by atoms with Crippen molar-refractivity contribution in [2.24, 2.45) is 5.92 Å². The number of rotatable bonds is 6. The Kier molecular flexibility index (Phi) is 5.20. The lowest BCUT2D eigenvalue weighted by Gasteiger charge is -2.30. The maximum atomic E-state index is 12.9. The van der Waals surface area contributed by atoms with Crippen molar-refractivity contribution in [3.05, 3.63) is 41.5 Å². The van der Waals surface area contributed by atoms with E-state index in [2.05, 4.69) is 4.98 Å². The number of aromatic nitrogens is 1. The van der Waals surface area contributed by atoms with Crippen LogP contribution in [0.3, 0.4) is 0 Å². The van der Waals surface area contributed by atoms with Gasteiger partial charge in [0.2, 0.25) is 0 Å². The van der Waals surface area contributed by atoms with Crippen LogP contribution >= 0.6 is 11.3 Å². The van der Waals surface area contributed by atoms with E-state index in [4.69, 9.17) is 4.74 Å². The molecule has 5 nitrogen and oxygen atoms in total. The molecule has 0 spiro atoms. The van der Waals surface area contributed by atoms with Gasteiger partial charge >= 0.3 is 0 Å². The lowest BCUT2D eigenvalue weighted by molar-refractivity contribution is 0.299. The van der Waals surface area contributed by atoms with Crippen LogP contribution in [0.2, 0.25) is 0 Å². The minimum absolute atomic E-state index is 0.106. The number of hydrogen-bond acceptors (Lipinski definition) is 5. The van der Waals surface area contributed by atoms with Gasteiger partial charge in [-0.2, -0.15) is 4.31 Å². The van der Waals surface area contributed by atoms with E-state index in [-0.39, 0.29) is 16.2 Å². The predicted octanol–water partition coefficient (Wildman–Crippen LogP) is 3.17. The number of methoxy groups -OCH3 is 1. The second-order valence-corrected chi connectivity index (χ2v) is 8.38. The number of ether oxygens (including phenoxy) is 1. The Morgan fingerprint density at radius 3 is 2.59 bits per heavy atom. The van der Waals surface area contributed by atoms with E-state index in [9.17, 15) is 8.42 Å². The molecule has 0 aliphatic carbocycles. The van der Waals surface area contributed by atoms with Crippen molar-refractivity contribution < 1.29 is 13.2 Å². The number of thiophene rings is 1. The van der Waals surface area contributed by atoms with E-state index in [1.54, 1.807) is 30.9 Å². The SMILES string of the molecule is COc1ccsc1S(=O)(=O)N(C)[C@@H](c1cccnc1)C(C)C. The zero-order valence-corrected chi connectivity index (χ0v) is 14.7. The fourth-order valence-electron chi connectivity index (χ4n) is 2.47. The van der Waals surface area contributed by atoms with Crippen LogP contribution in [-0.4, -0.2) is 31.9 Å². The molecule has 2 aromatic rings. The average molecular weight is 340 g/mol. The maximum absolute atomic E-state index is 12.9. The molecule has 0 fully saturated rings. The van der Waals surface area contributed by atoms with Crippen LogP contribution in [0.25, 0.3) is 0 Å². The largest absolute Gasteiger partial charge is 0.494 e. The first-order valence-electron chi connectivity index (χ1n) is 6.89. The van der Waals surface area contributed by atoms with Crippen molar-refractivity contribution in [2.45, 2.75) is 24.1 Å². The molecular formula is C15H20N2O3S2. The average Bonchev–Trinajstić information content (AvgIpc) is 2.97. The van der Waals surface area contributed by atoms with E-state index in [0.717, 1.165) is 16.9 Å². The minimum Gasteiger partial charge on any atom is -0.494 e. The minimum atomic E-state index is -3.63. The Labute approximate surface area is 135 Å². The van der Waals surface area contributed by atoms with Crippen molar-refractivity contribution in [3.8, 4) is 5.75 Å². The molecule has 2 heterocycles. The fraction of sp³-hybridized carbons (Fsp3) is 0.400. The number of sulfonamides is 1. The topological polar surface area (TPSA) is 59.5 Å². The number of pyridine rings is 1. The van der Waals surface area contributed by atoms with Crippen molar-refractivity contribution in [3.63, 3.8) is 0 Å². The first-order valence-corrected chi connectivity index (χ1v) is 9.21. The van der Waals surface area contributed by atoms with Gasteiger partial charge < -0.3 is 4.74 Å². The molecule has 0 unspecified atom stereocenters. The zero-order chi connectivity index (χ0) is 16.3. The first kappa shape index (κ1) is 16.9. The molecule has 120 valence electrons. The smallest absolute Gasteiger partial charge is 0.256 e. The highest BCUT2D eigenvalue weighted by Crippen LogP contribution is 2.37. The molecule has 2 rings (SSSR count). The Hall–Kier alpha value is -1.44. The third-order valence-corrected chi connectivity index (χ3v) is 6.74. The van der Waals surface area contributed by atoms with Crippen LogP contribution in [0.5, 0.6) is 5.75 Å². The summed E-state index contributed by atoms with van der Waals surface area (Å²) < 4.78 is 32.7. The molecule has 0 saturated heterocycles. The molecule has 0 amide bonds. The summed E-state index contributed by atoms with van der Waals surface area (Å²) in [6.07, 6.45) is 3.39. The first-order chi connectivity index (χ1) is 10.4. The summed E-state index contributed by atoms with van der Waals surface area (Å²) in [6.45, 7) is 3.99. The Morgan fingerprint density at radius 2 is 2.05 bits per heavy atom. The second-order valence-electron chi connectivity index (χ2n) is 5.27. The molecule has 0 N–H and O–H groups in total. The highest BCUT2D eigenvalue weighted by atomic mass is 32.2.